The molecule has 8 heteroatoms. The second-order valence-corrected chi connectivity index (χ2v) is 7.54. The third kappa shape index (κ3) is 3.79. The van der Waals surface area contributed by atoms with Gasteiger partial charge in [-0.05, 0) is 35.9 Å². The van der Waals surface area contributed by atoms with Gasteiger partial charge in [0.1, 0.15) is 17.3 Å². The summed E-state index contributed by atoms with van der Waals surface area (Å²) in [6.45, 7) is 4.55. The zero-order valence-corrected chi connectivity index (χ0v) is 17.9. The molecule has 7 nitrogen and oxygen atoms in total. The summed E-state index contributed by atoms with van der Waals surface area (Å²) in [5.74, 6) is 0.577. The predicted octanol–water partition coefficient (Wildman–Crippen LogP) is 3.39. The van der Waals surface area contributed by atoms with E-state index in [0.29, 0.717) is 34.9 Å². The fraction of sp³-hybridized carbons (Fsp3) is 0.250. The van der Waals surface area contributed by atoms with Gasteiger partial charge in [-0.25, -0.2) is 9.18 Å². The lowest BCUT2D eigenvalue weighted by atomic mass is 9.94. The number of nitrogens with one attached hydrogen (secondary N) is 1. The summed E-state index contributed by atoms with van der Waals surface area (Å²) < 4.78 is 24.1. The molecular weight excluding hydrogens is 413 g/mol. The second kappa shape index (κ2) is 8.74. The van der Waals surface area contributed by atoms with Crippen LogP contribution in [0.25, 0.3) is 0 Å². The highest BCUT2D eigenvalue weighted by Gasteiger charge is 2.44. The summed E-state index contributed by atoms with van der Waals surface area (Å²) in [6.07, 6.45) is 1.61. The second-order valence-electron chi connectivity index (χ2n) is 7.54. The minimum atomic E-state index is -0.700. The van der Waals surface area contributed by atoms with E-state index in [1.54, 1.807) is 48.4 Å². The van der Waals surface area contributed by atoms with Gasteiger partial charge >= 0.3 is 6.03 Å². The third-order valence-corrected chi connectivity index (χ3v) is 5.64. The lowest BCUT2D eigenvalue weighted by molar-refractivity contribution is -0.126. The first kappa shape index (κ1) is 21.4. The number of rotatable bonds is 7. The molecular formula is C24H24FN3O4. The molecule has 0 saturated heterocycles. The molecule has 0 aromatic heterocycles. The van der Waals surface area contributed by atoms with E-state index in [9.17, 15) is 14.0 Å². The van der Waals surface area contributed by atoms with Crippen LogP contribution >= 0.6 is 0 Å². The molecule has 0 saturated carbocycles. The maximum atomic E-state index is 13.5. The molecule has 2 heterocycles. The van der Waals surface area contributed by atoms with Crippen LogP contribution in [-0.4, -0.2) is 49.0 Å². The molecule has 2 aromatic carbocycles. The van der Waals surface area contributed by atoms with Crippen LogP contribution in [0.15, 0.2) is 66.4 Å². The van der Waals surface area contributed by atoms with E-state index in [1.807, 2.05) is 0 Å². The molecule has 1 N–H and O–H groups in total. The molecule has 0 fully saturated rings. The van der Waals surface area contributed by atoms with Crippen molar-refractivity contribution >= 4 is 11.9 Å². The van der Waals surface area contributed by atoms with Crippen molar-refractivity contribution < 1.29 is 23.5 Å². The number of benzene rings is 2. The Kier molecular flexibility index (Phi) is 5.85. The van der Waals surface area contributed by atoms with Gasteiger partial charge in [0.25, 0.3) is 5.91 Å². The van der Waals surface area contributed by atoms with E-state index in [1.165, 1.54) is 24.1 Å². The molecule has 32 heavy (non-hydrogen) atoms. The van der Waals surface area contributed by atoms with Gasteiger partial charge in [0.15, 0.2) is 0 Å². The maximum absolute atomic E-state index is 13.5. The van der Waals surface area contributed by atoms with Crippen molar-refractivity contribution in [1.82, 2.24) is 15.1 Å². The van der Waals surface area contributed by atoms with Crippen LogP contribution < -0.4 is 14.8 Å². The number of hydrogen-bond donors (Lipinski definition) is 1. The van der Waals surface area contributed by atoms with Crippen molar-refractivity contribution in [3.63, 3.8) is 0 Å². The van der Waals surface area contributed by atoms with E-state index in [0.717, 1.165) is 5.56 Å². The largest absolute Gasteiger partial charge is 0.497 e. The smallest absolute Gasteiger partial charge is 0.322 e. The Bertz CT molecular complexity index is 1100. The van der Waals surface area contributed by atoms with Gasteiger partial charge in [-0.3, -0.25) is 9.69 Å². The van der Waals surface area contributed by atoms with Gasteiger partial charge in [0.2, 0.25) is 0 Å². The quantitative estimate of drug-likeness (QED) is 0.674. The predicted molar refractivity (Wildman–Crippen MR) is 117 cm³/mol. The summed E-state index contributed by atoms with van der Waals surface area (Å²) >= 11 is 0. The molecule has 0 unspecified atom stereocenters. The molecule has 0 spiro atoms. The van der Waals surface area contributed by atoms with Gasteiger partial charge in [-0.15, -0.1) is 6.58 Å². The normalized spacial score (nSPS) is 17.9. The third-order valence-electron chi connectivity index (χ3n) is 5.64. The Labute approximate surface area is 185 Å². The highest BCUT2D eigenvalue weighted by atomic mass is 19.1. The van der Waals surface area contributed by atoms with Crippen molar-refractivity contribution in [2.75, 3.05) is 27.3 Å². The minimum Gasteiger partial charge on any atom is -0.497 e. The van der Waals surface area contributed by atoms with Crippen LogP contribution in [0.2, 0.25) is 0 Å². The number of urea groups is 1. The van der Waals surface area contributed by atoms with Crippen molar-refractivity contribution in [2.45, 2.75) is 12.6 Å². The molecule has 2 aromatic rings. The maximum Gasteiger partial charge on any atom is 0.322 e. The lowest BCUT2D eigenvalue weighted by Gasteiger charge is -2.33. The zero-order valence-electron chi connectivity index (χ0n) is 17.9. The first-order valence-electron chi connectivity index (χ1n) is 10.1. The summed E-state index contributed by atoms with van der Waals surface area (Å²) in [5, 5.41) is 2.94. The summed E-state index contributed by atoms with van der Waals surface area (Å²) in [5.41, 5.74) is 2.52. The number of methoxy groups -OCH3 is 2. The van der Waals surface area contributed by atoms with Crippen LogP contribution in [0.1, 0.15) is 17.2 Å². The number of hydrogen-bond acceptors (Lipinski definition) is 4. The summed E-state index contributed by atoms with van der Waals surface area (Å²) in [7, 11) is 3.08. The standard InChI is InChI=1S/C24H24FN3O4/c1-4-11-28-19-14-27(13-15-5-7-16(25)8-6-15)23(29)21(19)22(26-24(28)30)18-12-17(31-2)9-10-20(18)32-3/h4-10,12,22H,1,11,13-14H2,2-3H3,(H,26,30)/t22-/m1/s1. The highest BCUT2D eigenvalue weighted by Crippen LogP contribution is 2.41. The number of amides is 3. The molecule has 3 amide bonds. The first-order valence-corrected chi connectivity index (χ1v) is 10.1. The zero-order chi connectivity index (χ0) is 22.8. The Morgan fingerprint density at radius 3 is 2.56 bits per heavy atom. The molecule has 4 rings (SSSR count). The fourth-order valence-electron chi connectivity index (χ4n) is 4.11. The number of ether oxygens (including phenoxy) is 2. The molecule has 0 radical (unpaired) electrons. The van der Waals surface area contributed by atoms with E-state index < -0.39 is 6.04 Å². The minimum absolute atomic E-state index is 0.201. The molecule has 166 valence electrons. The molecule has 2 aliphatic heterocycles. The lowest BCUT2D eigenvalue weighted by Crippen LogP contribution is -2.47. The van der Waals surface area contributed by atoms with Crippen LogP contribution in [0.3, 0.4) is 0 Å². The number of carbonyl (C=O) groups excluding carboxylic acids is 2. The first-order chi connectivity index (χ1) is 15.5. The number of halogens is 1. The van der Waals surface area contributed by atoms with Gasteiger partial charge in [-0.2, -0.15) is 0 Å². The van der Waals surface area contributed by atoms with Crippen molar-refractivity contribution in [2.24, 2.45) is 0 Å². The number of nitrogens with zero attached hydrogens (tertiary/aromatic N) is 2. The average molecular weight is 437 g/mol. The summed E-state index contributed by atoms with van der Waals surface area (Å²) in [4.78, 5) is 29.7. The van der Waals surface area contributed by atoms with Crippen LogP contribution in [0.4, 0.5) is 9.18 Å². The fourth-order valence-corrected chi connectivity index (χ4v) is 4.11. The van der Waals surface area contributed by atoms with Crippen molar-refractivity contribution in [1.29, 1.82) is 0 Å². The number of carbonyl (C=O) groups is 2. The van der Waals surface area contributed by atoms with Gasteiger partial charge in [0, 0.05) is 18.7 Å². The highest BCUT2D eigenvalue weighted by molar-refractivity contribution is 6.01. The van der Waals surface area contributed by atoms with E-state index >= 15 is 0 Å². The average Bonchev–Trinajstić information content (AvgIpc) is 3.12. The molecule has 0 aliphatic carbocycles. The van der Waals surface area contributed by atoms with E-state index in [2.05, 4.69) is 11.9 Å². The van der Waals surface area contributed by atoms with E-state index in [-0.39, 0.29) is 30.8 Å². The topological polar surface area (TPSA) is 71.1 Å². The molecule has 1 atom stereocenters. The van der Waals surface area contributed by atoms with Crippen LogP contribution in [0, 0.1) is 5.82 Å². The SMILES string of the molecule is C=CCN1C(=O)N[C@H](c2cc(OC)ccc2OC)C2=C1CN(Cc1ccc(F)cc1)C2=O. The Balaban J connectivity index is 1.75. The van der Waals surface area contributed by atoms with Gasteiger partial charge in [0.05, 0.1) is 38.1 Å². The van der Waals surface area contributed by atoms with Gasteiger partial charge in [-0.1, -0.05) is 18.2 Å². The van der Waals surface area contributed by atoms with Gasteiger partial charge < -0.3 is 19.7 Å². The van der Waals surface area contributed by atoms with E-state index in [4.69, 9.17) is 9.47 Å². The van der Waals surface area contributed by atoms with Crippen LogP contribution in [0.5, 0.6) is 11.5 Å². The molecule has 2 aliphatic rings. The Hall–Kier alpha value is -3.81. The van der Waals surface area contributed by atoms with Crippen molar-refractivity contribution in [3.8, 4) is 11.5 Å². The monoisotopic (exact) mass is 437 g/mol. The Morgan fingerprint density at radius 1 is 1.16 bits per heavy atom. The molecule has 0 bridgehead atoms. The summed E-state index contributed by atoms with van der Waals surface area (Å²) in [6, 6.07) is 10.2. The Morgan fingerprint density at radius 2 is 1.91 bits per heavy atom. The van der Waals surface area contributed by atoms with Crippen molar-refractivity contribution in [3.05, 3.63) is 83.3 Å². The van der Waals surface area contributed by atoms with Crippen LogP contribution in [-0.2, 0) is 11.3 Å².